The average molecular weight is 487 g/mol. The van der Waals surface area contributed by atoms with Gasteiger partial charge < -0.3 is 14.9 Å². The maximum absolute atomic E-state index is 12.2. The summed E-state index contributed by atoms with van der Waals surface area (Å²) >= 11 is 3.03. The van der Waals surface area contributed by atoms with E-state index in [-0.39, 0.29) is 41.1 Å². The van der Waals surface area contributed by atoms with E-state index in [1.807, 2.05) is 29.5 Å². The number of phenols is 1. The van der Waals surface area contributed by atoms with Gasteiger partial charge in [0.2, 0.25) is 5.91 Å². The largest absolute Gasteiger partial charge is 0.507 e. The highest BCUT2D eigenvalue weighted by Gasteiger charge is 2.33. The number of aliphatic imine (C=N–C) groups is 1. The summed E-state index contributed by atoms with van der Waals surface area (Å²) in [7, 11) is 0. The first kappa shape index (κ1) is 20.5. The molecule has 8 heteroatoms. The molecular formula is C18H18INO5S. The molecule has 1 amide bonds. The summed E-state index contributed by atoms with van der Waals surface area (Å²) < 4.78 is 5.63. The minimum absolute atomic E-state index is 0.0963. The molecule has 0 spiro atoms. The summed E-state index contributed by atoms with van der Waals surface area (Å²) in [5.41, 5.74) is 0.631. The van der Waals surface area contributed by atoms with Crippen LogP contribution in [0.4, 0.5) is 0 Å². The van der Waals surface area contributed by atoms with Gasteiger partial charge >= 0.3 is 5.97 Å². The van der Waals surface area contributed by atoms with Gasteiger partial charge in [-0.2, -0.15) is 0 Å². The van der Waals surface area contributed by atoms with Crippen LogP contribution < -0.4 is 0 Å². The fraction of sp³-hybridized carbons (Fsp3) is 0.278. The molecule has 2 N–H and O–H groups in total. The van der Waals surface area contributed by atoms with Gasteiger partial charge in [0.05, 0.1) is 15.1 Å². The third kappa shape index (κ3) is 4.88. The number of halogens is 1. The zero-order valence-electron chi connectivity index (χ0n) is 14.3. The van der Waals surface area contributed by atoms with Crippen LogP contribution in [0.15, 0.2) is 39.4 Å². The van der Waals surface area contributed by atoms with Crippen molar-refractivity contribution in [1.29, 1.82) is 0 Å². The molecule has 1 aliphatic heterocycles. The molecule has 0 aromatic heterocycles. The van der Waals surface area contributed by atoms with Gasteiger partial charge in [0.25, 0.3) is 0 Å². The van der Waals surface area contributed by atoms with E-state index in [1.54, 1.807) is 31.2 Å². The van der Waals surface area contributed by atoms with E-state index in [1.165, 1.54) is 0 Å². The predicted molar refractivity (Wildman–Crippen MR) is 110 cm³/mol. The van der Waals surface area contributed by atoms with Crippen molar-refractivity contribution in [2.45, 2.75) is 26.7 Å². The fourth-order valence-corrected chi connectivity index (χ4v) is 3.71. The molecule has 26 heavy (non-hydrogen) atoms. The fourth-order valence-electron chi connectivity index (χ4n) is 2.14. The number of esters is 1. The van der Waals surface area contributed by atoms with Crippen molar-refractivity contribution in [3.05, 3.63) is 43.6 Å². The van der Waals surface area contributed by atoms with Crippen molar-refractivity contribution < 1.29 is 24.5 Å². The van der Waals surface area contributed by atoms with Crippen molar-refractivity contribution in [3.8, 4) is 5.75 Å². The van der Waals surface area contributed by atoms with Gasteiger partial charge in [0.1, 0.15) is 22.1 Å². The molecule has 0 radical (unpaired) electrons. The lowest BCUT2D eigenvalue weighted by molar-refractivity contribution is -0.138. The van der Waals surface area contributed by atoms with E-state index in [2.05, 4.69) is 4.99 Å². The molecule has 0 saturated heterocycles. The van der Waals surface area contributed by atoms with Crippen LogP contribution in [0.1, 0.15) is 32.3 Å². The summed E-state index contributed by atoms with van der Waals surface area (Å²) in [6.45, 7) is 3.66. The normalized spacial score (nSPS) is 17.2. The molecule has 6 nitrogen and oxygen atoms in total. The highest BCUT2D eigenvalue weighted by molar-refractivity contribution is 14.1. The molecule has 0 bridgehead atoms. The number of phenolic OH excluding ortho intramolecular Hbond substituents is 1. The maximum Gasteiger partial charge on any atom is 0.344 e. The number of hydrogen-bond donors (Lipinski definition) is 2. The van der Waals surface area contributed by atoms with Crippen molar-refractivity contribution in [2.75, 3.05) is 6.61 Å². The topological polar surface area (TPSA) is 96.2 Å². The van der Waals surface area contributed by atoms with Gasteiger partial charge in [-0.1, -0.05) is 24.8 Å². The van der Waals surface area contributed by atoms with Crippen LogP contribution in [0.2, 0.25) is 0 Å². The smallest absolute Gasteiger partial charge is 0.344 e. The first-order valence-corrected chi connectivity index (χ1v) is 9.87. The second-order valence-electron chi connectivity index (χ2n) is 5.33. The summed E-state index contributed by atoms with van der Waals surface area (Å²) in [4.78, 5) is 28.4. The predicted octanol–water partition coefficient (Wildman–Crippen LogP) is 4.18. The molecule has 138 valence electrons. The summed E-state index contributed by atoms with van der Waals surface area (Å²) in [6.07, 6.45) is 2.56. The van der Waals surface area contributed by atoms with Crippen molar-refractivity contribution >= 4 is 57.3 Å². The lowest BCUT2D eigenvalue weighted by atomic mass is 10.1. The van der Waals surface area contributed by atoms with Gasteiger partial charge in [-0.3, -0.25) is 4.79 Å². The Morgan fingerprint density at radius 2 is 2.04 bits per heavy atom. The summed E-state index contributed by atoms with van der Waals surface area (Å²) in [5, 5.41) is 20.2. The maximum atomic E-state index is 12.2. The Balaban J connectivity index is 2.45. The van der Waals surface area contributed by atoms with Crippen molar-refractivity contribution in [2.24, 2.45) is 4.99 Å². The first-order chi connectivity index (χ1) is 12.4. The van der Waals surface area contributed by atoms with E-state index >= 15 is 0 Å². The number of rotatable bonds is 5. The molecular weight excluding hydrogens is 469 g/mol. The monoisotopic (exact) mass is 487 g/mol. The molecule has 0 atom stereocenters. The number of carbonyl (C=O) groups excluding carboxylic acids is 2. The van der Waals surface area contributed by atoms with Crippen LogP contribution in [0.5, 0.6) is 5.75 Å². The van der Waals surface area contributed by atoms with Gasteiger partial charge in [-0.05, 0) is 59.7 Å². The molecule has 1 aromatic carbocycles. The van der Waals surface area contributed by atoms with Gasteiger partial charge in [0.15, 0.2) is 0 Å². The van der Waals surface area contributed by atoms with E-state index < -0.39 is 5.97 Å². The number of benzene rings is 1. The number of amides is 1. The van der Waals surface area contributed by atoms with Gasteiger partial charge in [-0.15, -0.1) is 0 Å². The molecule has 1 aromatic rings. The third-order valence-electron chi connectivity index (χ3n) is 3.33. The van der Waals surface area contributed by atoms with E-state index in [0.29, 0.717) is 14.9 Å². The highest BCUT2D eigenvalue weighted by Crippen LogP contribution is 2.39. The number of ether oxygens (including phenoxy) is 1. The Bertz CT molecular complexity index is 829. The van der Waals surface area contributed by atoms with Crippen LogP contribution >= 0.6 is 34.4 Å². The SMILES string of the molecule is CCCC(=O)N=C1S/C(=C\c2ccc(O)c(I)c2)C(O)=C1C(=O)OCC. The molecule has 0 saturated carbocycles. The Hall–Kier alpha value is -1.81. The van der Waals surface area contributed by atoms with Crippen LogP contribution in [-0.4, -0.2) is 33.7 Å². The van der Waals surface area contributed by atoms with Gasteiger partial charge in [-0.25, -0.2) is 9.79 Å². The van der Waals surface area contributed by atoms with Crippen LogP contribution in [0, 0.1) is 3.57 Å². The van der Waals surface area contributed by atoms with Crippen molar-refractivity contribution in [3.63, 3.8) is 0 Å². The Morgan fingerprint density at radius 3 is 2.65 bits per heavy atom. The lowest BCUT2D eigenvalue weighted by Gasteiger charge is -2.03. The van der Waals surface area contributed by atoms with Gasteiger partial charge in [0, 0.05) is 6.42 Å². The Morgan fingerprint density at radius 1 is 1.31 bits per heavy atom. The molecule has 1 heterocycles. The number of carbonyl (C=O) groups is 2. The zero-order valence-corrected chi connectivity index (χ0v) is 17.3. The molecule has 0 fully saturated rings. The number of hydrogen-bond acceptors (Lipinski definition) is 6. The van der Waals surface area contributed by atoms with E-state index in [4.69, 9.17) is 4.74 Å². The molecule has 2 rings (SSSR count). The average Bonchev–Trinajstić information content (AvgIpc) is 2.87. The summed E-state index contributed by atoms with van der Waals surface area (Å²) in [5.74, 6) is -1.18. The Labute approximate surface area is 169 Å². The molecule has 0 unspecified atom stereocenters. The number of aliphatic hydroxyl groups excluding tert-OH is 1. The second kappa shape index (κ2) is 9.22. The van der Waals surface area contributed by atoms with Crippen LogP contribution in [0.25, 0.3) is 6.08 Å². The molecule has 1 aliphatic rings. The van der Waals surface area contributed by atoms with Crippen LogP contribution in [-0.2, 0) is 14.3 Å². The summed E-state index contributed by atoms with van der Waals surface area (Å²) in [6, 6.07) is 4.96. The standard InChI is InChI=1S/C18H18INO5S/c1-3-5-14(22)20-17-15(18(24)25-4-2)16(23)13(26-17)9-10-6-7-12(21)11(19)8-10/h6-9,21,23H,3-5H2,1-2H3/b13-9-,20-17?. The number of thioether (sulfide) groups is 1. The highest BCUT2D eigenvalue weighted by atomic mass is 127. The minimum Gasteiger partial charge on any atom is -0.507 e. The zero-order chi connectivity index (χ0) is 19.3. The third-order valence-corrected chi connectivity index (χ3v) is 5.21. The number of aromatic hydroxyl groups is 1. The number of nitrogens with zero attached hydrogens (tertiary/aromatic N) is 1. The quantitative estimate of drug-likeness (QED) is 0.478. The first-order valence-electron chi connectivity index (χ1n) is 7.98. The molecule has 0 aliphatic carbocycles. The van der Waals surface area contributed by atoms with E-state index in [9.17, 15) is 19.8 Å². The second-order valence-corrected chi connectivity index (χ2v) is 7.52. The van der Waals surface area contributed by atoms with E-state index in [0.717, 1.165) is 17.3 Å². The lowest BCUT2D eigenvalue weighted by Crippen LogP contribution is -2.14. The number of aliphatic hydroxyl groups is 1. The van der Waals surface area contributed by atoms with Crippen molar-refractivity contribution in [1.82, 2.24) is 0 Å². The van der Waals surface area contributed by atoms with Crippen LogP contribution in [0.3, 0.4) is 0 Å². The Kier molecular flexibility index (Phi) is 7.27. The minimum atomic E-state index is -0.718.